The van der Waals surface area contributed by atoms with Gasteiger partial charge in [0.2, 0.25) is 5.13 Å². The molecule has 0 aliphatic carbocycles. The smallest absolute Gasteiger partial charge is 0.259 e. The molecule has 1 amide bonds. The minimum Gasteiger partial charge on any atom is -0.297 e. The molecular weight excluding hydrogens is 269 g/mol. The van der Waals surface area contributed by atoms with Crippen LogP contribution < -0.4 is 5.32 Å². The predicted octanol–water partition coefficient (Wildman–Crippen LogP) is 3.10. The molecule has 0 bridgehead atoms. The van der Waals surface area contributed by atoms with E-state index in [4.69, 9.17) is 23.2 Å². The van der Waals surface area contributed by atoms with Crippen molar-refractivity contribution in [2.45, 2.75) is 0 Å². The molecule has 1 aromatic carbocycles. The van der Waals surface area contributed by atoms with E-state index in [-0.39, 0.29) is 5.91 Å². The zero-order valence-electron chi connectivity index (χ0n) is 7.78. The maximum absolute atomic E-state index is 11.8. The highest BCUT2D eigenvalue weighted by atomic mass is 35.5. The highest BCUT2D eigenvalue weighted by Gasteiger charge is 2.12. The number of nitrogens with one attached hydrogen (secondary N) is 1. The van der Waals surface area contributed by atoms with E-state index < -0.39 is 0 Å². The SMILES string of the molecule is O=C(Nc1ncns1)c1cc(Cl)ccc1Cl. The van der Waals surface area contributed by atoms with Gasteiger partial charge >= 0.3 is 0 Å². The van der Waals surface area contributed by atoms with Gasteiger partial charge in [0.1, 0.15) is 6.33 Å². The Labute approximate surface area is 105 Å². The standard InChI is InChI=1S/C9H5Cl2N3OS/c10-5-1-2-7(11)6(3-5)8(15)14-9-12-4-13-16-9/h1-4H,(H,12,13,14,15). The molecular formula is C9H5Cl2N3OS. The first kappa shape index (κ1) is 11.3. The summed E-state index contributed by atoms with van der Waals surface area (Å²) in [5.74, 6) is -0.357. The third-order valence-electron chi connectivity index (χ3n) is 1.75. The third kappa shape index (κ3) is 2.49. The zero-order valence-corrected chi connectivity index (χ0v) is 10.1. The molecule has 0 saturated carbocycles. The van der Waals surface area contributed by atoms with E-state index in [0.29, 0.717) is 20.7 Å². The van der Waals surface area contributed by atoms with Crippen molar-refractivity contribution in [3.8, 4) is 0 Å². The second-order valence-electron chi connectivity index (χ2n) is 2.82. The number of halogens is 2. The molecule has 7 heteroatoms. The quantitative estimate of drug-likeness (QED) is 0.915. The average molecular weight is 274 g/mol. The van der Waals surface area contributed by atoms with E-state index >= 15 is 0 Å². The second kappa shape index (κ2) is 4.78. The number of benzene rings is 1. The molecule has 0 atom stereocenters. The maximum atomic E-state index is 11.8. The molecule has 2 rings (SSSR count). The summed E-state index contributed by atoms with van der Waals surface area (Å²) in [5.41, 5.74) is 0.310. The first-order chi connectivity index (χ1) is 7.66. The number of aromatic nitrogens is 2. The van der Waals surface area contributed by atoms with Crippen LogP contribution in [0.3, 0.4) is 0 Å². The van der Waals surface area contributed by atoms with Gasteiger partial charge in [-0.2, -0.15) is 4.37 Å². The van der Waals surface area contributed by atoms with Gasteiger partial charge in [-0.3, -0.25) is 10.1 Å². The van der Waals surface area contributed by atoms with Gasteiger partial charge < -0.3 is 0 Å². The Balaban J connectivity index is 2.24. The molecule has 4 nitrogen and oxygen atoms in total. The van der Waals surface area contributed by atoms with Gasteiger partial charge in [-0.1, -0.05) is 23.2 Å². The summed E-state index contributed by atoms with van der Waals surface area (Å²) in [4.78, 5) is 15.6. The van der Waals surface area contributed by atoms with Gasteiger partial charge in [0.05, 0.1) is 10.6 Å². The molecule has 0 aliphatic heterocycles. The summed E-state index contributed by atoms with van der Waals surface area (Å²) in [7, 11) is 0. The van der Waals surface area contributed by atoms with Crippen LogP contribution in [0.2, 0.25) is 10.0 Å². The Morgan fingerprint density at radius 2 is 2.19 bits per heavy atom. The van der Waals surface area contributed by atoms with Crippen LogP contribution in [-0.4, -0.2) is 15.3 Å². The van der Waals surface area contributed by atoms with Crippen molar-refractivity contribution >= 4 is 45.8 Å². The number of hydrogen-bond acceptors (Lipinski definition) is 4. The van der Waals surface area contributed by atoms with Crippen LogP contribution in [0.4, 0.5) is 5.13 Å². The van der Waals surface area contributed by atoms with Crippen molar-refractivity contribution in [3.63, 3.8) is 0 Å². The van der Waals surface area contributed by atoms with Crippen LogP contribution in [-0.2, 0) is 0 Å². The number of hydrogen-bond donors (Lipinski definition) is 1. The van der Waals surface area contributed by atoms with Gasteiger partial charge in [-0.15, -0.1) is 0 Å². The van der Waals surface area contributed by atoms with E-state index in [1.165, 1.54) is 12.4 Å². The fourth-order valence-electron chi connectivity index (χ4n) is 1.06. The van der Waals surface area contributed by atoms with Crippen LogP contribution in [0.25, 0.3) is 0 Å². The highest BCUT2D eigenvalue weighted by Crippen LogP contribution is 2.21. The molecule has 2 aromatic rings. The lowest BCUT2D eigenvalue weighted by Gasteiger charge is -2.03. The molecule has 0 aliphatic rings. The fraction of sp³-hybridized carbons (Fsp3) is 0. The third-order valence-corrected chi connectivity index (χ3v) is 2.90. The minimum absolute atomic E-state index is 0.310. The summed E-state index contributed by atoms with van der Waals surface area (Å²) >= 11 is 12.7. The van der Waals surface area contributed by atoms with Gasteiger partial charge in [-0.25, -0.2) is 4.98 Å². The average Bonchev–Trinajstić information content (AvgIpc) is 2.74. The van der Waals surface area contributed by atoms with E-state index in [1.54, 1.807) is 12.1 Å². The molecule has 16 heavy (non-hydrogen) atoms. The number of rotatable bonds is 2. The molecule has 0 radical (unpaired) electrons. The van der Waals surface area contributed by atoms with Crippen LogP contribution in [0.15, 0.2) is 24.5 Å². The van der Waals surface area contributed by atoms with E-state index in [0.717, 1.165) is 11.5 Å². The lowest BCUT2D eigenvalue weighted by molar-refractivity contribution is 0.102. The van der Waals surface area contributed by atoms with Crippen molar-refractivity contribution in [2.24, 2.45) is 0 Å². The summed E-state index contributed by atoms with van der Waals surface area (Å²) < 4.78 is 3.77. The largest absolute Gasteiger partial charge is 0.297 e. The second-order valence-corrected chi connectivity index (χ2v) is 4.45. The topological polar surface area (TPSA) is 54.9 Å². The predicted molar refractivity (Wildman–Crippen MR) is 64.3 cm³/mol. The Morgan fingerprint density at radius 3 is 2.88 bits per heavy atom. The van der Waals surface area contributed by atoms with Crippen molar-refractivity contribution in [1.29, 1.82) is 0 Å². The lowest BCUT2D eigenvalue weighted by atomic mass is 10.2. The summed E-state index contributed by atoms with van der Waals surface area (Å²) in [6, 6.07) is 4.69. The number of nitrogens with zero attached hydrogens (tertiary/aromatic N) is 2. The zero-order chi connectivity index (χ0) is 11.5. The molecule has 1 aromatic heterocycles. The number of amides is 1. The van der Waals surface area contributed by atoms with Crippen molar-refractivity contribution < 1.29 is 4.79 Å². The summed E-state index contributed by atoms with van der Waals surface area (Å²) in [6.45, 7) is 0. The first-order valence-corrected chi connectivity index (χ1v) is 5.73. The number of carbonyl (C=O) groups is 1. The molecule has 0 fully saturated rings. The molecule has 1 N–H and O–H groups in total. The van der Waals surface area contributed by atoms with Crippen LogP contribution >= 0.6 is 34.7 Å². The highest BCUT2D eigenvalue weighted by molar-refractivity contribution is 7.09. The molecule has 1 heterocycles. The summed E-state index contributed by atoms with van der Waals surface area (Å²) in [5, 5.41) is 3.78. The van der Waals surface area contributed by atoms with Gasteiger partial charge in [-0.05, 0) is 18.2 Å². The fourth-order valence-corrected chi connectivity index (χ4v) is 1.87. The minimum atomic E-state index is -0.357. The Kier molecular flexibility index (Phi) is 3.38. The van der Waals surface area contributed by atoms with E-state index in [2.05, 4.69) is 14.7 Å². The van der Waals surface area contributed by atoms with E-state index in [1.807, 2.05) is 0 Å². The van der Waals surface area contributed by atoms with Crippen LogP contribution in [0, 0.1) is 0 Å². The van der Waals surface area contributed by atoms with Crippen molar-refractivity contribution in [1.82, 2.24) is 9.36 Å². The normalized spacial score (nSPS) is 10.1. The van der Waals surface area contributed by atoms with Crippen LogP contribution in [0.5, 0.6) is 0 Å². The number of carbonyl (C=O) groups excluding carboxylic acids is 1. The van der Waals surface area contributed by atoms with Gasteiger partial charge in [0, 0.05) is 16.6 Å². The van der Waals surface area contributed by atoms with Crippen molar-refractivity contribution in [2.75, 3.05) is 5.32 Å². The Bertz CT molecular complexity index is 515. The molecule has 0 saturated heterocycles. The Morgan fingerprint density at radius 1 is 1.38 bits per heavy atom. The van der Waals surface area contributed by atoms with Gasteiger partial charge in [0.25, 0.3) is 5.91 Å². The van der Waals surface area contributed by atoms with Crippen molar-refractivity contribution in [3.05, 3.63) is 40.1 Å². The monoisotopic (exact) mass is 273 g/mol. The first-order valence-electron chi connectivity index (χ1n) is 4.20. The van der Waals surface area contributed by atoms with Crippen LogP contribution in [0.1, 0.15) is 10.4 Å². The molecule has 0 spiro atoms. The van der Waals surface area contributed by atoms with Gasteiger partial charge in [0.15, 0.2) is 0 Å². The van der Waals surface area contributed by atoms with E-state index in [9.17, 15) is 4.79 Å². The molecule has 82 valence electrons. The lowest BCUT2D eigenvalue weighted by Crippen LogP contribution is -2.12. The maximum Gasteiger partial charge on any atom is 0.259 e. The molecule has 0 unspecified atom stereocenters. The number of anilines is 1. The Hall–Kier alpha value is -1.17. The summed E-state index contributed by atoms with van der Waals surface area (Å²) in [6.07, 6.45) is 1.36.